The van der Waals surface area contributed by atoms with Crippen LogP contribution in [0.15, 0.2) is 46.9 Å². The molecule has 0 N–H and O–H groups in total. The van der Waals surface area contributed by atoms with Gasteiger partial charge >= 0.3 is 5.97 Å². The van der Waals surface area contributed by atoms with Crippen molar-refractivity contribution in [2.24, 2.45) is 0 Å². The minimum Gasteiger partial charge on any atom is -0.497 e. The molecule has 0 amide bonds. The summed E-state index contributed by atoms with van der Waals surface area (Å²) in [4.78, 5) is 12.1. The van der Waals surface area contributed by atoms with Crippen LogP contribution in [0.1, 0.15) is 23.4 Å². The summed E-state index contributed by atoms with van der Waals surface area (Å²) < 4.78 is 21.4. The van der Waals surface area contributed by atoms with Crippen LogP contribution in [0.2, 0.25) is 0 Å². The third-order valence-electron chi connectivity index (χ3n) is 4.18. The second kappa shape index (κ2) is 9.03. The number of benzene rings is 2. The van der Waals surface area contributed by atoms with Crippen LogP contribution in [0.4, 0.5) is 0 Å². The van der Waals surface area contributed by atoms with Crippen LogP contribution in [0.5, 0.6) is 11.5 Å². The normalized spacial score (nSPS) is 10.5. The summed E-state index contributed by atoms with van der Waals surface area (Å²) in [5, 5.41) is 8.02. The van der Waals surface area contributed by atoms with Crippen LogP contribution >= 0.6 is 0 Å². The summed E-state index contributed by atoms with van der Waals surface area (Å²) in [5.74, 6) is 1.77. The molecule has 7 heteroatoms. The summed E-state index contributed by atoms with van der Waals surface area (Å²) >= 11 is 0. The van der Waals surface area contributed by atoms with Gasteiger partial charge in [0.05, 0.1) is 20.6 Å². The van der Waals surface area contributed by atoms with Gasteiger partial charge in [0, 0.05) is 17.5 Å². The summed E-state index contributed by atoms with van der Waals surface area (Å²) in [5.41, 5.74) is 2.73. The number of nitrogens with zero attached hydrogens (tertiary/aromatic N) is 2. The van der Waals surface area contributed by atoms with Crippen LogP contribution in [0.25, 0.3) is 11.5 Å². The van der Waals surface area contributed by atoms with E-state index in [0.29, 0.717) is 29.7 Å². The lowest BCUT2D eigenvalue weighted by Crippen LogP contribution is -2.07. The van der Waals surface area contributed by atoms with E-state index >= 15 is 0 Å². The second-order valence-corrected chi connectivity index (χ2v) is 6.21. The molecule has 0 aliphatic carbocycles. The lowest BCUT2D eigenvalue weighted by Gasteiger charge is -2.10. The molecular formula is C21H22N2O5. The topological polar surface area (TPSA) is 83.7 Å². The maximum absolute atomic E-state index is 12.1. The van der Waals surface area contributed by atoms with Gasteiger partial charge in [0.15, 0.2) is 0 Å². The molecule has 0 saturated heterocycles. The Morgan fingerprint density at radius 3 is 2.54 bits per heavy atom. The lowest BCUT2D eigenvalue weighted by atomic mass is 10.1. The van der Waals surface area contributed by atoms with Crippen molar-refractivity contribution in [3.8, 4) is 23.0 Å². The first kappa shape index (κ1) is 19.4. The van der Waals surface area contributed by atoms with Crippen molar-refractivity contribution in [1.82, 2.24) is 10.2 Å². The Kier molecular flexibility index (Phi) is 6.26. The van der Waals surface area contributed by atoms with E-state index < -0.39 is 0 Å². The van der Waals surface area contributed by atoms with Crippen LogP contribution < -0.4 is 9.47 Å². The van der Waals surface area contributed by atoms with Crippen LogP contribution in [0, 0.1) is 6.92 Å². The van der Waals surface area contributed by atoms with Gasteiger partial charge in [-0.05, 0) is 37.3 Å². The molecule has 0 aliphatic rings. The average molecular weight is 382 g/mol. The van der Waals surface area contributed by atoms with Crippen molar-refractivity contribution in [3.05, 3.63) is 59.5 Å². The Labute approximate surface area is 163 Å². The number of esters is 1. The molecule has 0 saturated carbocycles. The van der Waals surface area contributed by atoms with Crippen molar-refractivity contribution >= 4 is 5.97 Å². The predicted octanol–water partition coefficient (Wildman–Crippen LogP) is 3.74. The van der Waals surface area contributed by atoms with Gasteiger partial charge in [0.1, 0.15) is 18.1 Å². The van der Waals surface area contributed by atoms with Gasteiger partial charge in [-0.1, -0.05) is 17.7 Å². The van der Waals surface area contributed by atoms with Crippen molar-refractivity contribution in [2.75, 3.05) is 14.2 Å². The largest absolute Gasteiger partial charge is 0.497 e. The quantitative estimate of drug-likeness (QED) is 0.549. The van der Waals surface area contributed by atoms with Crippen LogP contribution in [-0.2, 0) is 22.6 Å². The van der Waals surface area contributed by atoms with Crippen molar-refractivity contribution in [1.29, 1.82) is 0 Å². The van der Waals surface area contributed by atoms with Gasteiger partial charge in [-0.3, -0.25) is 4.79 Å². The minimum atomic E-state index is -0.361. The molecule has 146 valence electrons. The smallest absolute Gasteiger partial charge is 0.306 e. The number of methoxy groups -OCH3 is 2. The molecule has 2 aromatic carbocycles. The lowest BCUT2D eigenvalue weighted by molar-refractivity contribution is -0.145. The molecule has 0 spiro atoms. The van der Waals surface area contributed by atoms with Crippen LogP contribution in [0.3, 0.4) is 0 Å². The molecular weight excluding hydrogens is 360 g/mol. The van der Waals surface area contributed by atoms with E-state index in [2.05, 4.69) is 10.2 Å². The van der Waals surface area contributed by atoms with E-state index in [-0.39, 0.29) is 19.0 Å². The number of carbonyl (C=O) groups is 1. The van der Waals surface area contributed by atoms with E-state index in [9.17, 15) is 4.79 Å². The highest BCUT2D eigenvalue weighted by atomic mass is 16.5. The SMILES string of the molecule is COc1ccc(OC)c(COC(=O)CCc2nnc(-c3ccc(C)cc3)o2)c1. The van der Waals surface area contributed by atoms with Crippen molar-refractivity contribution in [2.45, 2.75) is 26.4 Å². The van der Waals surface area contributed by atoms with Gasteiger partial charge in [0.25, 0.3) is 0 Å². The van der Waals surface area contributed by atoms with Crippen molar-refractivity contribution < 1.29 is 23.4 Å². The first-order valence-electron chi connectivity index (χ1n) is 8.85. The Bertz CT molecular complexity index is 934. The summed E-state index contributed by atoms with van der Waals surface area (Å²) in [6.45, 7) is 2.10. The third kappa shape index (κ3) is 4.88. The number of carbonyl (C=O) groups excluding carboxylic acids is 1. The van der Waals surface area contributed by atoms with E-state index in [0.717, 1.165) is 16.7 Å². The highest BCUT2D eigenvalue weighted by Crippen LogP contribution is 2.25. The Balaban J connectivity index is 1.53. The fourth-order valence-corrected chi connectivity index (χ4v) is 2.60. The first-order valence-corrected chi connectivity index (χ1v) is 8.85. The number of hydrogen-bond donors (Lipinski definition) is 0. The molecule has 1 heterocycles. The molecule has 28 heavy (non-hydrogen) atoms. The number of rotatable bonds is 8. The average Bonchev–Trinajstić information content (AvgIpc) is 3.20. The molecule has 3 rings (SSSR count). The summed E-state index contributed by atoms with van der Waals surface area (Å²) in [6, 6.07) is 13.1. The van der Waals surface area contributed by atoms with E-state index in [1.54, 1.807) is 32.4 Å². The molecule has 0 fully saturated rings. The zero-order chi connectivity index (χ0) is 19.9. The first-order chi connectivity index (χ1) is 13.6. The fraction of sp³-hybridized carbons (Fsp3) is 0.286. The maximum atomic E-state index is 12.1. The molecule has 3 aromatic rings. The number of hydrogen-bond acceptors (Lipinski definition) is 7. The molecule has 0 bridgehead atoms. The van der Waals surface area contributed by atoms with Crippen LogP contribution in [-0.4, -0.2) is 30.4 Å². The molecule has 1 aromatic heterocycles. The monoisotopic (exact) mass is 382 g/mol. The van der Waals surface area contributed by atoms with E-state index in [4.69, 9.17) is 18.6 Å². The predicted molar refractivity (Wildman–Crippen MR) is 102 cm³/mol. The van der Waals surface area contributed by atoms with E-state index in [1.807, 2.05) is 31.2 Å². The van der Waals surface area contributed by atoms with Gasteiger partial charge < -0.3 is 18.6 Å². The zero-order valence-corrected chi connectivity index (χ0v) is 16.1. The Morgan fingerprint density at radius 1 is 1.04 bits per heavy atom. The van der Waals surface area contributed by atoms with E-state index in [1.165, 1.54) is 0 Å². The van der Waals surface area contributed by atoms with Gasteiger partial charge in [-0.15, -0.1) is 10.2 Å². The highest BCUT2D eigenvalue weighted by molar-refractivity contribution is 5.69. The highest BCUT2D eigenvalue weighted by Gasteiger charge is 2.13. The Hall–Kier alpha value is -3.35. The molecule has 0 radical (unpaired) electrons. The van der Waals surface area contributed by atoms with Gasteiger partial charge in [-0.2, -0.15) is 0 Å². The maximum Gasteiger partial charge on any atom is 0.306 e. The standard InChI is InChI=1S/C21H22N2O5/c1-14-4-6-15(7-5-14)21-23-22-19(28-21)10-11-20(24)27-13-16-12-17(25-2)8-9-18(16)26-3/h4-9,12H,10-11,13H2,1-3H3. The zero-order valence-electron chi connectivity index (χ0n) is 16.1. The number of aromatic nitrogens is 2. The summed E-state index contributed by atoms with van der Waals surface area (Å²) in [6.07, 6.45) is 0.453. The Morgan fingerprint density at radius 2 is 1.82 bits per heavy atom. The number of aryl methyl sites for hydroxylation is 2. The summed E-state index contributed by atoms with van der Waals surface area (Å²) in [7, 11) is 3.14. The van der Waals surface area contributed by atoms with Crippen molar-refractivity contribution in [3.63, 3.8) is 0 Å². The number of ether oxygens (including phenoxy) is 3. The minimum absolute atomic E-state index is 0.0949. The van der Waals surface area contributed by atoms with Gasteiger partial charge in [0.2, 0.25) is 11.8 Å². The fourth-order valence-electron chi connectivity index (χ4n) is 2.60. The molecule has 7 nitrogen and oxygen atoms in total. The third-order valence-corrected chi connectivity index (χ3v) is 4.18. The molecule has 0 aliphatic heterocycles. The molecule has 0 unspecified atom stereocenters. The van der Waals surface area contributed by atoms with Gasteiger partial charge in [-0.25, -0.2) is 0 Å². The second-order valence-electron chi connectivity index (χ2n) is 6.21. The molecule has 0 atom stereocenters.